The first-order valence-corrected chi connectivity index (χ1v) is 9.27. The van der Waals surface area contributed by atoms with Crippen molar-refractivity contribution in [2.24, 2.45) is 11.8 Å². The first-order chi connectivity index (χ1) is 12.0. The van der Waals surface area contributed by atoms with Crippen LogP contribution >= 0.6 is 0 Å². The molecule has 0 amide bonds. The summed E-state index contributed by atoms with van der Waals surface area (Å²) in [6.07, 6.45) is 2.82. The fourth-order valence-electron chi connectivity index (χ4n) is 4.88. The molecular weight excluding hydrogens is 308 g/mol. The van der Waals surface area contributed by atoms with E-state index in [4.69, 9.17) is 4.74 Å². The van der Waals surface area contributed by atoms with Crippen molar-refractivity contribution in [3.8, 4) is 5.75 Å². The summed E-state index contributed by atoms with van der Waals surface area (Å²) in [5.74, 6) is 2.13. The monoisotopic (exact) mass is 334 g/mol. The number of benzene rings is 2. The van der Waals surface area contributed by atoms with Crippen LogP contribution < -0.4 is 4.74 Å². The van der Waals surface area contributed by atoms with Gasteiger partial charge in [-0.15, -0.1) is 0 Å². The van der Waals surface area contributed by atoms with Crippen LogP contribution in [0.5, 0.6) is 5.75 Å². The summed E-state index contributed by atoms with van der Waals surface area (Å²) in [4.78, 5) is 12.7. The zero-order valence-corrected chi connectivity index (χ0v) is 15.6. The van der Waals surface area contributed by atoms with Gasteiger partial charge in [-0.1, -0.05) is 24.3 Å². The van der Waals surface area contributed by atoms with Crippen molar-refractivity contribution in [3.63, 3.8) is 0 Å². The molecule has 2 aliphatic carbocycles. The summed E-state index contributed by atoms with van der Waals surface area (Å²) in [5, 5.41) is 0. The van der Waals surface area contributed by atoms with Crippen LogP contribution in [0.3, 0.4) is 0 Å². The third-order valence-corrected chi connectivity index (χ3v) is 6.36. The van der Waals surface area contributed by atoms with E-state index in [2.05, 4.69) is 51.1 Å². The number of hydrogen-bond acceptors (Lipinski definition) is 2. The Morgan fingerprint density at radius 1 is 1.00 bits per heavy atom. The molecule has 2 nitrogen and oxygen atoms in total. The molecule has 0 heterocycles. The summed E-state index contributed by atoms with van der Waals surface area (Å²) in [6.45, 7) is 6.42. The molecule has 3 unspecified atom stereocenters. The van der Waals surface area contributed by atoms with Gasteiger partial charge in [0.15, 0.2) is 0 Å². The molecule has 2 heteroatoms. The van der Waals surface area contributed by atoms with Gasteiger partial charge in [-0.25, -0.2) is 0 Å². The fourth-order valence-corrected chi connectivity index (χ4v) is 4.88. The minimum absolute atomic E-state index is 0.127. The van der Waals surface area contributed by atoms with Crippen molar-refractivity contribution in [1.29, 1.82) is 0 Å². The Kier molecular flexibility index (Phi) is 3.94. The highest BCUT2D eigenvalue weighted by atomic mass is 16.5. The van der Waals surface area contributed by atoms with Gasteiger partial charge in [0.05, 0.1) is 7.11 Å². The van der Waals surface area contributed by atoms with Crippen molar-refractivity contribution in [2.75, 3.05) is 7.11 Å². The van der Waals surface area contributed by atoms with E-state index >= 15 is 0 Å². The second-order valence-corrected chi connectivity index (χ2v) is 7.84. The number of ketones is 1. The number of carbonyl (C=O) groups excluding carboxylic acids is 1. The lowest BCUT2D eigenvalue weighted by molar-refractivity contribution is -0.121. The molecule has 0 radical (unpaired) electrons. The molecule has 0 aliphatic heterocycles. The lowest BCUT2D eigenvalue weighted by Gasteiger charge is -2.36. The summed E-state index contributed by atoms with van der Waals surface area (Å²) in [7, 11) is 1.72. The fraction of sp³-hybridized carbons (Fsp3) is 0.435. The van der Waals surface area contributed by atoms with Crippen molar-refractivity contribution >= 4 is 5.78 Å². The minimum atomic E-state index is 0.127. The van der Waals surface area contributed by atoms with E-state index in [-0.39, 0.29) is 11.8 Å². The maximum Gasteiger partial charge on any atom is 0.137 e. The Bertz CT molecular complexity index is 849. The Labute approximate surface area is 150 Å². The smallest absolute Gasteiger partial charge is 0.137 e. The van der Waals surface area contributed by atoms with Gasteiger partial charge in [0.2, 0.25) is 0 Å². The van der Waals surface area contributed by atoms with Gasteiger partial charge in [-0.3, -0.25) is 4.79 Å². The SMILES string of the molecule is COc1cc(C2c3cc(C)c(C)cc3CC3CCC(=O)C32)ccc1C. The molecule has 1 saturated carbocycles. The Hall–Kier alpha value is -2.09. The molecular formula is C23H26O2. The quantitative estimate of drug-likeness (QED) is 0.780. The first kappa shape index (κ1) is 16.4. The normalized spacial score (nSPS) is 24.8. The summed E-state index contributed by atoms with van der Waals surface area (Å²) >= 11 is 0. The highest BCUT2D eigenvalue weighted by Gasteiger charge is 2.45. The minimum Gasteiger partial charge on any atom is -0.496 e. The molecule has 25 heavy (non-hydrogen) atoms. The third-order valence-electron chi connectivity index (χ3n) is 6.36. The van der Waals surface area contributed by atoms with E-state index in [9.17, 15) is 4.79 Å². The van der Waals surface area contributed by atoms with Crippen molar-refractivity contribution in [2.45, 2.75) is 46.0 Å². The highest BCUT2D eigenvalue weighted by molar-refractivity contribution is 5.85. The second kappa shape index (κ2) is 6.01. The van der Waals surface area contributed by atoms with Gasteiger partial charge in [0.25, 0.3) is 0 Å². The van der Waals surface area contributed by atoms with Crippen LogP contribution in [-0.2, 0) is 11.2 Å². The standard InChI is InChI=1S/C23H26O2/c1-13-5-6-17(12-21(13)25-4)22-19-10-15(3)14(2)9-18(19)11-16-7-8-20(24)23(16)22/h5-6,9-10,12,16,22-23H,7-8,11H2,1-4H3. The number of rotatable bonds is 2. The predicted molar refractivity (Wildman–Crippen MR) is 100 cm³/mol. The van der Waals surface area contributed by atoms with Crippen LogP contribution in [0.4, 0.5) is 0 Å². The number of aryl methyl sites for hydroxylation is 3. The highest BCUT2D eigenvalue weighted by Crippen LogP contribution is 2.50. The first-order valence-electron chi connectivity index (χ1n) is 9.27. The lowest BCUT2D eigenvalue weighted by atomic mass is 9.67. The van der Waals surface area contributed by atoms with Gasteiger partial charge < -0.3 is 4.74 Å². The maximum absolute atomic E-state index is 12.7. The number of fused-ring (bicyclic) bond motifs is 2. The third kappa shape index (κ3) is 2.59. The molecule has 0 N–H and O–H groups in total. The van der Waals surface area contributed by atoms with Crippen molar-refractivity contribution in [1.82, 2.24) is 0 Å². The van der Waals surface area contributed by atoms with Crippen molar-refractivity contribution in [3.05, 3.63) is 63.7 Å². The molecule has 2 aromatic rings. The summed E-state index contributed by atoms with van der Waals surface area (Å²) in [5.41, 5.74) is 7.80. The molecule has 0 spiro atoms. The van der Waals surface area contributed by atoms with Crippen LogP contribution in [0.25, 0.3) is 0 Å². The maximum atomic E-state index is 12.7. The van der Waals surface area contributed by atoms with Crippen LogP contribution in [0.1, 0.15) is 52.1 Å². The molecule has 0 bridgehead atoms. The molecule has 0 saturated heterocycles. The van der Waals surface area contributed by atoms with Gasteiger partial charge in [-0.05, 0) is 79.0 Å². The molecule has 130 valence electrons. The van der Waals surface area contributed by atoms with E-state index < -0.39 is 0 Å². The molecule has 3 atom stereocenters. The lowest BCUT2D eigenvalue weighted by Crippen LogP contribution is -2.31. The summed E-state index contributed by atoms with van der Waals surface area (Å²) < 4.78 is 5.56. The zero-order chi connectivity index (χ0) is 17.7. The molecule has 1 fully saturated rings. The van der Waals surface area contributed by atoms with E-state index in [1.807, 2.05) is 0 Å². The zero-order valence-electron chi connectivity index (χ0n) is 15.6. The number of hydrogen-bond donors (Lipinski definition) is 0. The number of methoxy groups -OCH3 is 1. The molecule has 4 rings (SSSR count). The van der Waals surface area contributed by atoms with E-state index in [0.29, 0.717) is 11.7 Å². The van der Waals surface area contributed by atoms with Gasteiger partial charge in [-0.2, -0.15) is 0 Å². The number of carbonyl (C=O) groups is 1. The van der Waals surface area contributed by atoms with Crippen molar-refractivity contribution < 1.29 is 9.53 Å². The number of Topliss-reactive ketones (excluding diaryl/α,β-unsaturated/α-hetero) is 1. The van der Waals surface area contributed by atoms with Crippen LogP contribution in [0, 0.1) is 32.6 Å². The average molecular weight is 334 g/mol. The summed E-state index contributed by atoms with van der Waals surface area (Å²) in [6, 6.07) is 11.1. The second-order valence-electron chi connectivity index (χ2n) is 7.84. The van der Waals surface area contributed by atoms with Gasteiger partial charge in [0, 0.05) is 18.3 Å². The topological polar surface area (TPSA) is 26.3 Å². The Balaban J connectivity index is 1.91. The van der Waals surface area contributed by atoms with Crippen LogP contribution in [0.2, 0.25) is 0 Å². The van der Waals surface area contributed by atoms with Gasteiger partial charge >= 0.3 is 0 Å². The average Bonchev–Trinajstić information content (AvgIpc) is 2.96. The van der Waals surface area contributed by atoms with Crippen LogP contribution in [0.15, 0.2) is 30.3 Å². The molecule has 2 aliphatic rings. The Morgan fingerprint density at radius 2 is 1.76 bits per heavy atom. The van der Waals surface area contributed by atoms with Gasteiger partial charge in [0.1, 0.15) is 11.5 Å². The van der Waals surface area contributed by atoms with E-state index in [0.717, 1.165) is 30.6 Å². The number of ether oxygens (including phenoxy) is 1. The van der Waals surface area contributed by atoms with E-state index in [1.54, 1.807) is 7.11 Å². The Morgan fingerprint density at radius 3 is 2.52 bits per heavy atom. The van der Waals surface area contributed by atoms with E-state index in [1.165, 1.54) is 27.8 Å². The largest absolute Gasteiger partial charge is 0.496 e. The molecule has 0 aromatic heterocycles. The molecule has 2 aromatic carbocycles. The van der Waals surface area contributed by atoms with Crippen LogP contribution in [-0.4, -0.2) is 12.9 Å². The predicted octanol–water partition coefficient (Wildman–Crippen LogP) is 4.90.